The van der Waals surface area contributed by atoms with Crippen molar-refractivity contribution in [3.8, 4) is 46.0 Å². The lowest BCUT2D eigenvalue weighted by atomic mass is 10.2. The van der Waals surface area contributed by atoms with Crippen LogP contribution in [0.1, 0.15) is 166 Å². The molecule has 0 heterocycles. The summed E-state index contributed by atoms with van der Waals surface area (Å²) < 4.78 is 66.9. The predicted molar refractivity (Wildman–Crippen MR) is 416 cm³/mol. The first kappa shape index (κ1) is 84.4. The van der Waals surface area contributed by atoms with Crippen molar-refractivity contribution in [2.24, 2.45) is 20.4 Å². The Morgan fingerprint density at radius 3 is 0.736 bits per heavy atom. The number of hydrogen-bond acceptors (Lipinski definition) is 24. The molecule has 0 bridgehead atoms. The Hall–Kier alpha value is -12.9. The van der Waals surface area contributed by atoms with Crippen molar-refractivity contribution in [1.29, 1.82) is 0 Å². The Bertz CT molecular complexity index is 4010. The third-order valence-corrected chi connectivity index (χ3v) is 15.9. The monoisotopic (exact) mass is 1500 g/mol. The van der Waals surface area contributed by atoms with Crippen LogP contribution < -0.4 is 37.9 Å². The molecular formula is C86H90N4O20. The quantitative estimate of drug-likeness (QED) is 0.00651. The van der Waals surface area contributed by atoms with E-state index in [4.69, 9.17) is 56.8 Å². The largest absolute Gasteiger partial charge is 0.494 e. The second-order valence-corrected chi connectivity index (χ2v) is 24.2. The van der Waals surface area contributed by atoms with Crippen LogP contribution in [0.25, 0.3) is 0 Å². The lowest BCUT2D eigenvalue weighted by Gasteiger charge is -2.11. The Morgan fingerprint density at radius 1 is 0.255 bits per heavy atom. The van der Waals surface area contributed by atoms with Crippen molar-refractivity contribution in [3.05, 3.63) is 253 Å². The SMILES string of the molecule is C=CC(=O)OCCCCCCOc1ccc(C(=O)Oc2ccc(OC(=O)c3ccc(OCCCCCCOC(=O)C=C)cc3)c(/C=N/N=C/c3ccc(/C=N/N=C/c4cc(OC(=O)c5ccc(OCCCCCCOC(=O)C=C)cc5)ccc4OC(=O)c4ccc(OCCCCCCOC(=O)C=C)cc4)cc3)c2)cc1. The van der Waals surface area contributed by atoms with E-state index in [0.717, 1.165) is 127 Å². The van der Waals surface area contributed by atoms with Crippen LogP contribution in [0.2, 0.25) is 0 Å². The minimum atomic E-state index is -0.679. The number of unbranched alkanes of at least 4 members (excludes halogenated alkanes) is 12. The third-order valence-electron chi connectivity index (χ3n) is 15.9. The van der Waals surface area contributed by atoms with Crippen LogP contribution in [0.5, 0.6) is 46.0 Å². The van der Waals surface area contributed by atoms with Crippen molar-refractivity contribution >= 4 is 72.6 Å². The van der Waals surface area contributed by atoms with E-state index in [-0.39, 0.29) is 56.4 Å². The standard InChI is InChI=1S/C86H90N4O20/c1-5-79(91)103-53-21-13-9-17-49-99-71-37-29-65(30-38-71)83(95)107-75-45-47-77(109-85(97)67-33-41-73(42-34-67)101-51-19-11-15-23-55-105-81(93)7-3)69(57-75)61-89-87-59-63-25-27-64(28-26-63)60-88-90-62-70-58-76(108-84(96)66-31-39-72(40-32-66)100-50-18-10-14-22-54-104-80(92)6-2)46-48-78(70)110-86(98)68-35-43-74(44-36-68)102-52-20-12-16-24-56-106-82(94)8-4/h5-8,25-48,57-62H,1-4,9-24,49-56H2/b87-59+,88-60+,89-61+,90-62+. The maximum absolute atomic E-state index is 13.6. The molecule has 7 rings (SSSR count). The van der Waals surface area contributed by atoms with Crippen molar-refractivity contribution in [1.82, 2.24) is 0 Å². The fourth-order valence-corrected chi connectivity index (χ4v) is 9.94. The van der Waals surface area contributed by atoms with Crippen LogP contribution in [-0.4, -0.2) is 125 Å². The number of rotatable bonds is 50. The molecule has 0 aliphatic heterocycles. The summed E-state index contributed by atoms with van der Waals surface area (Å²) in [5, 5.41) is 17.0. The van der Waals surface area contributed by atoms with Gasteiger partial charge in [-0.05, 0) is 247 Å². The minimum absolute atomic E-state index is 0.0923. The van der Waals surface area contributed by atoms with Crippen LogP contribution in [0.15, 0.2) is 229 Å². The summed E-state index contributed by atoms with van der Waals surface area (Å²) in [5.41, 5.74) is 2.78. The van der Waals surface area contributed by atoms with E-state index in [9.17, 15) is 38.4 Å². The molecule has 0 unspecified atom stereocenters. The first-order chi connectivity index (χ1) is 53.7. The average Bonchev–Trinajstić information content (AvgIpc) is 0.836. The maximum atomic E-state index is 13.6. The molecule has 0 amide bonds. The molecule has 7 aromatic carbocycles. The Morgan fingerprint density at radius 2 is 0.482 bits per heavy atom. The summed E-state index contributed by atoms with van der Waals surface area (Å²) in [6.07, 6.45) is 23.2. The predicted octanol–water partition coefficient (Wildman–Crippen LogP) is 16.1. The van der Waals surface area contributed by atoms with Gasteiger partial charge in [-0.15, -0.1) is 0 Å². The minimum Gasteiger partial charge on any atom is -0.494 e. The highest BCUT2D eigenvalue weighted by Crippen LogP contribution is 2.29. The van der Waals surface area contributed by atoms with Crippen LogP contribution in [0, 0.1) is 0 Å². The van der Waals surface area contributed by atoms with Gasteiger partial charge in [-0.25, -0.2) is 38.4 Å². The van der Waals surface area contributed by atoms with E-state index >= 15 is 0 Å². The number of ether oxygens (including phenoxy) is 12. The molecule has 0 saturated heterocycles. The number of carbonyl (C=O) groups is 8. The topological polar surface area (TPSA) is 297 Å². The molecule has 0 saturated carbocycles. The lowest BCUT2D eigenvalue weighted by molar-refractivity contribution is -0.138. The highest BCUT2D eigenvalue weighted by Gasteiger charge is 2.18. The summed E-state index contributed by atoms with van der Waals surface area (Å²) in [7, 11) is 0. The van der Waals surface area contributed by atoms with E-state index in [1.54, 1.807) is 121 Å². The van der Waals surface area contributed by atoms with Gasteiger partial charge in [0.15, 0.2) is 0 Å². The van der Waals surface area contributed by atoms with E-state index in [2.05, 4.69) is 46.7 Å². The van der Waals surface area contributed by atoms with Gasteiger partial charge in [0.25, 0.3) is 0 Å². The molecule has 7 aromatic rings. The van der Waals surface area contributed by atoms with Crippen LogP contribution in [0.3, 0.4) is 0 Å². The summed E-state index contributed by atoms with van der Waals surface area (Å²) in [4.78, 5) is 99.2. The zero-order valence-corrected chi connectivity index (χ0v) is 61.4. The summed E-state index contributed by atoms with van der Waals surface area (Å²) in [5.74, 6) is -1.75. The molecule has 0 aromatic heterocycles. The smallest absolute Gasteiger partial charge is 0.343 e. The summed E-state index contributed by atoms with van der Waals surface area (Å²) in [6.45, 7) is 16.7. The van der Waals surface area contributed by atoms with Gasteiger partial charge in [-0.1, -0.05) is 50.6 Å². The van der Waals surface area contributed by atoms with Crippen LogP contribution in [0.4, 0.5) is 0 Å². The van der Waals surface area contributed by atoms with Crippen molar-refractivity contribution in [2.75, 3.05) is 52.9 Å². The molecular weight excluding hydrogens is 1410 g/mol. The molecule has 574 valence electrons. The molecule has 0 radical (unpaired) electrons. The van der Waals surface area contributed by atoms with Gasteiger partial charge in [0.2, 0.25) is 0 Å². The van der Waals surface area contributed by atoms with Crippen LogP contribution >= 0.6 is 0 Å². The van der Waals surface area contributed by atoms with E-state index in [1.165, 1.54) is 61.3 Å². The van der Waals surface area contributed by atoms with Gasteiger partial charge in [-0.2, -0.15) is 20.4 Å². The molecule has 0 aliphatic rings. The van der Waals surface area contributed by atoms with E-state index in [1.807, 2.05) is 0 Å². The van der Waals surface area contributed by atoms with E-state index < -0.39 is 47.8 Å². The summed E-state index contributed by atoms with van der Waals surface area (Å²) in [6, 6.07) is 42.0. The number of hydrogen-bond donors (Lipinski definition) is 0. The molecule has 0 N–H and O–H groups in total. The molecule has 24 heteroatoms. The lowest BCUT2D eigenvalue weighted by Crippen LogP contribution is -2.11. The van der Waals surface area contributed by atoms with Crippen molar-refractivity contribution in [3.63, 3.8) is 0 Å². The van der Waals surface area contributed by atoms with Gasteiger partial charge in [0.1, 0.15) is 46.0 Å². The van der Waals surface area contributed by atoms with Gasteiger partial charge in [-0.3, -0.25) is 0 Å². The third kappa shape index (κ3) is 32.5. The fraction of sp³-hybridized carbons (Fsp3) is 0.279. The molecule has 110 heavy (non-hydrogen) atoms. The van der Waals surface area contributed by atoms with Crippen molar-refractivity contribution < 1.29 is 95.2 Å². The van der Waals surface area contributed by atoms with Gasteiger partial charge in [0.05, 0.1) is 100.0 Å². The number of nitrogens with zero attached hydrogens (tertiary/aromatic N) is 4. The zero-order valence-electron chi connectivity index (χ0n) is 61.4. The van der Waals surface area contributed by atoms with Gasteiger partial charge < -0.3 is 56.8 Å². The van der Waals surface area contributed by atoms with Crippen molar-refractivity contribution in [2.45, 2.75) is 103 Å². The van der Waals surface area contributed by atoms with E-state index in [0.29, 0.717) is 87.0 Å². The maximum Gasteiger partial charge on any atom is 0.343 e. The molecule has 0 aliphatic carbocycles. The second kappa shape index (κ2) is 49.1. The van der Waals surface area contributed by atoms with Gasteiger partial charge >= 0.3 is 47.8 Å². The summed E-state index contributed by atoms with van der Waals surface area (Å²) >= 11 is 0. The molecule has 0 fully saturated rings. The Kier molecular flexibility index (Phi) is 37.7. The second-order valence-electron chi connectivity index (χ2n) is 24.2. The Labute approximate surface area is 639 Å². The van der Waals surface area contributed by atoms with Crippen LogP contribution in [-0.2, 0) is 38.1 Å². The molecule has 24 nitrogen and oxygen atoms in total. The number of esters is 8. The number of carbonyl (C=O) groups excluding carboxylic acids is 8. The molecule has 0 spiro atoms. The highest BCUT2D eigenvalue weighted by atomic mass is 16.6. The average molecular weight is 1500 g/mol. The number of benzene rings is 7. The molecule has 0 atom stereocenters. The van der Waals surface area contributed by atoms with Gasteiger partial charge in [0, 0.05) is 35.4 Å². The highest BCUT2D eigenvalue weighted by molar-refractivity contribution is 5.97. The fourth-order valence-electron chi connectivity index (χ4n) is 9.94. The normalized spacial score (nSPS) is 11.0. The first-order valence-corrected chi connectivity index (χ1v) is 36.2. The zero-order chi connectivity index (χ0) is 78.2. The Balaban J connectivity index is 0.988. The first-order valence-electron chi connectivity index (χ1n) is 36.2.